The van der Waals surface area contributed by atoms with Gasteiger partial charge in [0, 0.05) is 0 Å². The van der Waals surface area contributed by atoms with Gasteiger partial charge in [0.05, 0.1) is 6.21 Å². The third-order valence-electron chi connectivity index (χ3n) is 2.60. The van der Waals surface area contributed by atoms with Crippen LogP contribution in [0.5, 0.6) is 11.5 Å². The van der Waals surface area contributed by atoms with Crippen LogP contribution >= 0.6 is 0 Å². The standard InChI is InChI=1S/C16H16N2O3/c1-12(19)16(20)18-17-11-13-6-5-9-15(10-13)21-14-7-3-2-4-8-14/h2-12,19H,1H3,(H,18,20)/b17-11+. The topological polar surface area (TPSA) is 70.9 Å². The van der Waals surface area contributed by atoms with E-state index in [9.17, 15) is 4.79 Å². The van der Waals surface area contributed by atoms with Crippen molar-refractivity contribution in [2.45, 2.75) is 13.0 Å². The Morgan fingerprint density at radius 1 is 1.19 bits per heavy atom. The highest BCUT2D eigenvalue weighted by atomic mass is 16.5. The third-order valence-corrected chi connectivity index (χ3v) is 2.60. The molecule has 2 N–H and O–H groups in total. The number of nitrogens with one attached hydrogen (secondary N) is 1. The first-order chi connectivity index (χ1) is 10.1. The molecule has 108 valence electrons. The van der Waals surface area contributed by atoms with Gasteiger partial charge in [-0.1, -0.05) is 30.3 Å². The summed E-state index contributed by atoms with van der Waals surface area (Å²) in [6.45, 7) is 1.37. The highest BCUT2D eigenvalue weighted by Crippen LogP contribution is 2.21. The molecule has 0 saturated carbocycles. The summed E-state index contributed by atoms with van der Waals surface area (Å²) >= 11 is 0. The lowest BCUT2D eigenvalue weighted by Crippen LogP contribution is -2.28. The molecule has 21 heavy (non-hydrogen) atoms. The van der Waals surface area contributed by atoms with Crippen LogP contribution < -0.4 is 10.2 Å². The normalized spacial score (nSPS) is 12.1. The van der Waals surface area contributed by atoms with Crippen molar-refractivity contribution in [3.8, 4) is 11.5 Å². The number of hydrogen-bond acceptors (Lipinski definition) is 4. The van der Waals surface area contributed by atoms with Gasteiger partial charge in [-0.3, -0.25) is 4.79 Å². The molecule has 0 fully saturated rings. The van der Waals surface area contributed by atoms with Gasteiger partial charge in [-0.2, -0.15) is 5.10 Å². The zero-order valence-electron chi connectivity index (χ0n) is 11.6. The number of aliphatic hydroxyl groups excluding tert-OH is 1. The molecule has 2 aromatic rings. The Morgan fingerprint density at radius 2 is 1.90 bits per heavy atom. The molecule has 0 heterocycles. The average Bonchev–Trinajstić information content (AvgIpc) is 2.48. The van der Waals surface area contributed by atoms with Crippen molar-refractivity contribution in [1.29, 1.82) is 0 Å². The molecule has 2 aromatic carbocycles. The summed E-state index contributed by atoms with van der Waals surface area (Å²) in [5.41, 5.74) is 3.01. The van der Waals surface area contributed by atoms with Gasteiger partial charge < -0.3 is 9.84 Å². The minimum absolute atomic E-state index is 0.553. The SMILES string of the molecule is CC(O)C(=O)N/N=C/c1cccc(Oc2ccccc2)c1. The zero-order valence-corrected chi connectivity index (χ0v) is 11.6. The lowest BCUT2D eigenvalue weighted by Gasteiger charge is -2.06. The van der Waals surface area contributed by atoms with Gasteiger partial charge in [0.2, 0.25) is 0 Å². The predicted molar refractivity (Wildman–Crippen MR) is 80.4 cm³/mol. The maximum Gasteiger partial charge on any atom is 0.268 e. The minimum Gasteiger partial charge on any atom is -0.457 e. The summed E-state index contributed by atoms with van der Waals surface area (Å²) in [7, 11) is 0. The lowest BCUT2D eigenvalue weighted by molar-refractivity contribution is -0.128. The first-order valence-corrected chi connectivity index (χ1v) is 6.49. The molecule has 0 aliphatic carbocycles. The summed E-state index contributed by atoms with van der Waals surface area (Å²) in [5.74, 6) is 0.865. The van der Waals surface area contributed by atoms with E-state index in [2.05, 4.69) is 10.5 Å². The largest absolute Gasteiger partial charge is 0.457 e. The molecule has 0 aliphatic rings. The Hall–Kier alpha value is -2.66. The maximum atomic E-state index is 11.1. The van der Waals surface area contributed by atoms with Crippen molar-refractivity contribution < 1.29 is 14.6 Å². The molecular formula is C16H16N2O3. The summed E-state index contributed by atoms with van der Waals surface area (Å²) in [5, 5.41) is 12.8. The lowest BCUT2D eigenvalue weighted by atomic mass is 10.2. The molecule has 1 unspecified atom stereocenters. The van der Waals surface area contributed by atoms with Gasteiger partial charge in [-0.15, -0.1) is 0 Å². The minimum atomic E-state index is -1.09. The van der Waals surface area contributed by atoms with Crippen LogP contribution in [0.4, 0.5) is 0 Å². The van der Waals surface area contributed by atoms with E-state index in [1.807, 2.05) is 48.5 Å². The van der Waals surface area contributed by atoms with Gasteiger partial charge in [-0.05, 0) is 36.8 Å². The van der Waals surface area contributed by atoms with E-state index in [0.29, 0.717) is 5.75 Å². The number of aliphatic hydroxyl groups is 1. The highest BCUT2D eigenvalue weighted by Gasteiger charge is 2.05. The van der Waals surface area contributed by atoms with Gasteiger partial charge in [0.1, 0.15) is 17.6 Å². The van der Waals surface area contributed by atoms with Crippen molar-refractivity contribution >= 4 is 12.1 Å². The molecule has 1 amide bonds. The molecule has 0 aliphatic heterocycles. The molecule has 2 rings (SSSR count). The smallest absolute Gasteiger partial charge is 0.268 e. The number of carbonyl (C=O) groups is 1. The molecule has 1 atom stereocenters. The molecule has 0 bridgehead atoms. The number of carbonyl (C=O) groups excluding carboxylic acids is 1. The Morgan fingerprint density at radius 3 is 2.62 bits per heavy atom. The van der Waals surface area contributed by atoms with Gasteiger partial charge >= 0.3 is 0 Å². The molecule has 5 nitrogen and oxygen atoms in total. The fraction of sp³-hybridized carbons (Fsp3) is 0.125. The van der Waals surface area contributed by atoms with E-state index in [1.165, 1.54) is 13.1 Å². The summed E-state index contributed by atoms with van der Waals surface area (Å²) < 4.78 is 5.70. The van der Waals surface area contributed by atoms with Crippen LogP contribution in [0.3, 0.4) is 0 Å². The second-order valence-electron chi connectivity index (χ2n) is 4.40. The Balaban J connectivity index is 2.01. The average molecular weight is 284 g/mol. The highest BCUT2D eigenvalue weighted by molar-refractivity contribution is 5.84. The van der Waals surface area contributed by atoms with Crippen molar-refractivity contribution in [3.63, 3.8) is 0 Å². The molecule has 0 saturated heterocycles. The quantitative estimate of drug-likeness (QED) is 0.654. The van der Waals surface area contributed by atoms with E-state index >= 15 is 0 Å². The van der Waals surface area contributed by atoms with Gasteiger partial charge in [-0.25, -0.2) is 5.43 Å². The third kappa shape index (κ3) is 4.74. The maximum absolute atomic E-state index is 11.1. The Labute approximate surface area is 122 Å². The van der Waals surface area contributed by atoms with E-state index in [0.717, 1.165) is 11.3 Å². The number of rotatable bonds is 5. The first-order valence-electron chi connectivity index (χ1n) is 6.49. The Kier molecular flexibility index (Phi) is 5.06. The van der Waals surface area contributed by atoms with Crippen molar-refractivity contribution in [2.24, 2.45) is 5.10 Å². The molecular weight excluding hydrogens is 268 g/mol. The fourth-order valence-corrected chi connectivity index (χ4v) is 1.55. The zero-order chi connectivity index (χ0) is 15.1. The molecule has 5 heteroatoms. The first kappa shape index (κ1) is 14.7. The number of hydrazone groups is 1. The van der Waals surface area contributed by atoms with Crippen LogP contribution in [-0.4, -0.2) is 23.3 Å². The summed E-state index contributed by atoms with van der Waals surface area (Å²) in [4.78, 5) is 11.1. The van der Waals surface area contributed by atoms with Crippen molar-refractivity contribution in [1.82, 2.24) is 5.43 Å². The predicted octanol–water partition coefficient (Wildman–Crippen LogP) is 2.31. The second-order valence-corrected chi connectivity index (χ2v) is 4.40. The van der Waals surface area contributed by atoms with Crippen LogP contribution in [0.2, 0.25) is 0 Å². The molecule has 0 radical (unpaired) electrons. The summed E-state index contributed by atoms with van der Waals surface area (Å²) in [6, 6.07) is 16.7. The van der Waals surface area contributed by atoms with E-state index in [-0.39, 0.29) is 0 Å². The molecule has 0 spiro atoms. The van der Waals surface area contributed by atoms with Crippen LogP contribution in [0, 0.1) is 0 Å². The number of hydrogen-bond donors (Lipinski definition) is 2. The van der Waals surface area contributed by atoms with Crippen LogP contribution in [0.25, 0.3) is 0 Å². The fourth-order valence-electron chi connectivity index (χ4n) is 1.55. The Bertz CT molecular complexity index is 624. The number of nitrogens with zero attached hydrogens (tertiary/aromatic N) is 1. The summed E-state index contributed by atoms with van der Waals surface area (Å²) in [6.07, 6.45) is 0.396. The van der Waals surface area contributed by atoms with Crippen molar-refractivity contribution in [2.75, 3.05) is 0 Å². The van der Waals surface area contributed by atoms with E-state index in [4.69, 9.17) is 9.84 Å². The number of amides is 1. The van der Waals surface area contributed by atoms with Crippen LogP contribution in [-0.2, 0) is 4.79 Å². The monoisotopic (exact) mass is 284 g/mol. The second kappa shape index (κ2) is 7.21. The van der Waals surface area contributed by atoms with E-state index in [1.54, 1.807) is 6.07 Å². The number of benzene rings is 2. The van der Waals surface area contributed by atoms with Crippen LogP contribution in [0.15, 0.2) is 59.7 Å². The van der Waals surface area contributed by atoms with Gasteiger partial charge in [0.15, 0.2) is 0 Å². The van der Waals surface area contributed by atoms with Gasteiger partial charge in [0.25, 0.3) is 5.91 Å². The van der Waals surface area contributed by atoms with E-state index < -0.39 is 12.0 Å². The number of para-hydroxylation sites is 1. The van der Waals surface area contributed by atoms with Crippen molar-refractivity contribution in [3.05, 3.63) is 60.2 Å². The molecule has 0 aromatic heterocycles. The van der Waals surface area contributed by atoms with Crippen LogP contribution in [0.1, 0.15) is 12.5 Å². The number of ether oxygens (including phenoxy) is 1.